The third kappa shape index (κ3) is 6.46. The molecule has 1 aromatic heterocycles. The second-order valence-corrected chi connectivity index (χ2v) is 17.2. The monoisotopic (exact) mass is 929 g/mol. The van der Waals surface area contributed by atoms with Crippen molar-refractivity contribution in [2.75, 3.05) is 29.3 Å². The number of rotatable bonds is 8. The zero-order valence-electron chi connectivity index (χ0n) is 33.7. The van der Waals surface area contributed by atoms with Crippen molar-refractivity contribution < 1.29 is 47.3 Å². The predicted octanol–water partition coefficient (Wildman–Crippen LogP) is 8.34. The van der Waals surface area contributed by atoms with E-state index in [4.69, 9.17) is 23.2 Å². The predicted molar refractivity (Wildman–Crippen MR) is 229 cm³/mol. The molecule has 6 atom stereocenters. The van der Waals surface area contributed by atoms with Crippen LogP contribution in [0.15, 0.2) is 96.7 Å². The van der Waals surface area contributed by atoms with Crippen LogP contribution < -0.4 is 15.2 Å². The van der Waals surface area contributed by atoms with Gasteiger partial charge in [0.2, 0.25) is 11.8 Å². The lowest BCUT2D eigenvalue weighted by molar-refractivity contribution is -0.392. The van der Waals surface area contributed by atoms with E-state index in [1.54, 1.807) is 48.5 Å². The molecule has 0 radical (unpaired) electrons. The van der Waals surface area contributed by atoms with Gasteiger partial charge in [0.05, 0.1) is 49.3 Å². The van der Waals surface area contributed by atoms with E-state index in [0.717, 1.165) is 12.1 Å². The molecule has 1 saturated carbocycles. The van der Waals surface area contributed by atoms with Gasteiger partial charge in [-0.2, -0.15) is 18.2 Å². The third-order valence-electron chi connectivity index (χ3n) is 13.0. The number of nitrogens with zero attached hydrogens (tertiary/aromatic N) is 6. The third-order valence-corrected chi connectivity index (χ3v) is 13.5. The fourth-order valence-corrected chi connectivity index (χ4v) is 10.7. The Kier molecular flexibility index (Phi) is 10.1. The summed E-state index contributed by atoms with van der Waals surface area (Å²) in [6.07, 6.45) is -2.97. The molecule has 4 amide bonds. The highest BCUT2D eigenvalue weighted by atomic mass is 35.5. The Balaban J connectivity index is 1.25. The smallest absolute Gasteiger partial charge is 0.417 e. The molecule has 21 heteroatoms. The number of aromatic nitrogens is 1. The number of nitrogens with one attached hydrogen (secondary N) is 1. The number of nitro groups is 2. The summed E-state index contributed by atoms with van der Waals surface area (Å²) in [6, 6.07) is 18.4. The molecule has 16 nitrogen and oxygen atoms in total. The van der Waals surface area contributed by atoms with Crippen molar-refractivity contribution in [1.82, 2.24) is 9.99 Å². The van der Waals surface area contributed by atoms with E-state index in [1.807, 2.05) is 0 Å². The maximum Gasteiger partial charge on any atom is 0.417 e. The highest BCUT2D eigenvalue weighted by Crippen LogP contribution is 2.65. The highest BCUT2D eigenvalue weighted by molar-refractivity contribution is 6.33. The molecule has 65 heavy (non-hydrogen) atoms. The first-order valence-electron chi connectivity index (χ1n) is 19.8. The summed E-state index contributed by atoms with van der Waals surface area (Å²) in [5.74, 6) is -9.84. The van der Waals surface area contributed by atoms with Gasteiger partial charge in [0.15, 0.2) is 11.5 Å². The van der Waals surface area contributed by atoms with Crippen LogP contribution in [0.2, 0.25) is 10.0 Å². The number of halogens is 5. The van der Waals surface area contributed by atoms with Crippen LogP contribution in [-0.4, -0.2) is 62.7 Å². The number of hydrogen-bond acceptors (Lipinski definition) is 12. The van der Waals surface area contributed by atoms with Crippen LogP contribution in [0, 0.1) is 43.9 Å². The number of phenols is 1. The van der Waals surface area contributed by atoms with E-state index in [0.29, 0.717) is 49.6 Å². The number of aromatic hydroxyl groups is 1. The molecule has 2 aliphatic heterocycles. The Morgan fingerprint density at radius 1 is 0.877 bits per heavy atom. The zero-order valence-corrected chi connectivity index (χ0v) is 35.3. The van der Waals surface area contributed by atoms with Gasteiger partial charge in [0.25, 0.3) is 11.8 Å². The van der Waals surface area contributed by atoms with Crippen LogP contribution in [0.1, 0.15) is 35.4 Å². The average molecular weight is 931 g/mol. The summed E-state index contributed by atoms with van der Waals surface area (Å²) in [6.45, 7) is 0. The number of anilines is 3. The second-order valence-electron chi connectivity index (χ2n) is 16.4. The van der Waals surface area contributed by atoms with E-state index in [-0.39, 0.29) is 29.3 Å². The molecular formula is C44H32Cl2F3N7O9. The Morgan fingerprint density at radius 2 is 1.52 bits per heavy atom. The number of carbonyl (C=O) groups is 4. The van der Waals surface area contributed by atoms with Crippen LogP contribution in [-0.2, 0) is 30.8 Å². The van der Waals surface area contributed by atoms with Crippen molar-refractivity contribution in [3.8, 4) is 5.75 Å². The van der Waals surface area contributed by atoms with Gasteiger partial charge in [-0.15, -0.1) is 0 Å². The minimum Gasteiger partial charge on any atom is -0.507 e. The summed E-state index contributed by atoms with van der Waals surface area (Å²) in [7, 11) is 2.73. The molecule has 2 saturated heterocycles. The molecule has 332 valence electrons. The first kappa shape index (κ1) is 43.1. The van der Waals surface area contributed by atoms with E-state index in [2.05, 4.69) is 10.4 Å². The highest BCUT2D eigenvalue weighted by Gasteiger charge is 2.70. The summed E-state index contributed by atoms with van der Waals surface area (Å²) in [4.78, 5) is 88.8. The number of allylic oxidation sites excluding steroid dienone is 2. The number of carbonyl (C=O) groups excluding carboxylic acids is 4. The molecule has 6 unspecified atom stereocenters. The number of pyridine rings is 1. The second kappa shape index (κ2) is 15.3. The first-order chi connectivity index (χ1) is 30.8. The van der Waals surface area contributed by atoms with Crippen LogP contribution >= 0.6 is 23.2 Å². The van der Waals surface area contributed by atoms with E-state index in [1.165, 1.54) is 37.2 Å². The molecule has 9 rings (SSSR count). The molecule has 2 aliphatic carbocycles. The summed E-state index contributed by atoms with van der Waals surface area (Å²) in [5, 5.41) is 36.9. The van der Waals surface area contributed by atoms with Crippen molar-refractivity contribution in [3.05, 3.63) is 144 Å². The minimum absolute atomic E-state index is 0.0966. The Morgan fingerprint density at radius 3 is 2.12 bits per heavy atom. The molecule has 4 aromatic carbocycles. The molecule has 2 N–H and O–H groups in total. The number of amides is 4. The molecule has 4 aliphatic rings. The van der Waals surface area contributed by atoms with E-state index in [9.17, 15) is 48.1 Å². The molecule has 0 bridgehead atoms. The quantitative estimate of drug-likeness (QED) is 0.0651. The van der Waals surface area contributed by atoms with Crippen LogP contribution in [0.3, 0.4) is 0 Å². The van der Waals surface area contributed by atoms with Crippen LogP contribution in [0.25, 0.3) is 10.8 Å². The Hall–Kier alpha value is -7.12. The Labute approximate surface area is 375 Å². The first-order valence-corrected chi connectivity index (χ1v) is 20.6. The van der Waals surface area contributed by atoms with Gasteiger partial charge < -0.3 is 10.0 Å². The average Bonchev–Trinajstić information content (AvgIpc) is 3.64. The fourth-order valence-electron chi connectivity index (χ4n) is 10.4. The van der Waals surface area contributed by atoms with Crippen LogP contribution in [0.4, 0.5) is 41.7 Å². The summed E-state index contributed by atoms with van der Waals surface area (Å²) < 4.78 is 40.9. The molecular weight excluding hydrogens is 898 g/mol. The lowest BCUT2D eigenvalue weighted by atomic mass is 9.49. The largest absolute Gasteiger partial charge is 0.507 e. The SMILES string of the molecule is CN(C)c1c([N+](=O)[O-])cc(N2C(=O)C3CC=C4C(CC5C(=O)N(Nc6ncc(C(F)(F)F)cc6Cl)C(=O)C5(c5ccc(Cl)cc5)C4c4ccc(O)c5ccccc45)C3C2=O)cc1[N+](=O)[O-]. The molecule has 0 spiro atoms. The van der Waals surface area contributed by atoms with Gasteiger partial charge in [-0.1, -0.05) is 77.3 Å². The van der Waals surface area contributed by atoms with Gasteiger partial charge in [0, 0.05) is 48.8 Å². The van der Waals surface area contributed by atoms with Gasteiger partial charge in [0.1, 0.15) is 5.75 Å². The maximum absolute atomic E-state index is 15.6. The fraction of sp³-hybridized carbons (Fsp3) is 0.250. The normalized spacial score (nSPS) is 23.9. The molecule has 3 heterocycles. The van der Waals surface area contributed by atoms with E-state index < -0.39 is 108 Å². The number of hydrogen-bond donors (Lipinski definition) is 2. The van der Waals surface area contributed by atoms with Gasteiger partial charge in [-0.3, -0.25) is 44.8 Å². The van der Waals surface area contributed by atoms with Crippen LogP contribution in [0.5, 0.6) is 5.75 Å². The number of hydrazine groups is 1. The number of alkyl halides is 3. The standard InChI is InChI=1S/C44H32Cl2F3N7O9/c1-52(2)37-32(55(62)63)16-23(17-33(37)56(64)65)53-39(58)28-12-11-27-29(35(28)41(53)60)18-30-40(59)54(51-38-31(46)15-21(19-50-38)44(47,48)49)42(61)43(30,20-7-9-22(45)10-8-20)36(27)26-13-14-34(57)25-6-4-3-5-24(25)26/h3-11,13-17,19,28-30,35-36,57H,12,18H2,1-2H3,(H,50,51). The van der Waals surface area contributed by atoms with Gasteiger partial charge in [-0.05, 0) is 59.5 Å². The van der Waals surface area contributed by atoms with Crippen molar-refractivity contribution >= 4 is 86.2 Å². The van der Waals surface area contributed by atoms with Crippen molar-refractivity contribution in [3.63, 3.8) is 0 Å². The lowest BCUT2D eigenvalue weighted by Crippen LogP contribution is -2.53. The molecule has 3 fully saturated rings. The van der Waals surface area contributed by atoms with Crippen molar-refractivity contribution in [1.29, 1.82) is 0 Å². The number of imide groups is 2. The number of benzene rings is 4. The van der Waals surface area contributed by atoms with Crippen molar-refractivity contribution in [2.45, 2.75) is 30.4 Å². The van der Waals surface area contributed by atoms with Gasteiger partial charge in [-0.25, -0.2) is 9.88 Å². The van der Waals surface area contributed by atoms with Gasteiger partial charge >= 0.3 is 17.6 Å². The number of fused-ring (bicyclic) bond motifs is 5. The summed E-state index contributed by atoms with van der Waals surface area (Å²) >= 11 is 12.7. The van der Waals surface area contributed by atoms with E-state index >= 15 is 9.59 Å². The maximum atomic E-state index is 15.6. The number of phenolic OH excluding ortho intramolecular Hbond substituents is 1. The Bertz CT molecular complexity index is 2950. The minimum atomic E-state index is -4.82. The van der Waals surface area contributed by atoms with Crippen molar-refractivity contribution in [2.24, 2.45) is 23.7 Å². The number of nitro benzene ring substituents is 2. The molecule has 5 aromatic rings. The summed E-state index contributed by atoms with van der Waals surface area (Å²) in [5.41, 5.74) is -1.57. The topological polar surface area (TPSA) is 209 Å². The lowest BCUT2D eigenvalue weighted by Gasteiger charge is -2.51. The zero-order chi connectivity index (χ0) is 46.6.